The summed E-state index contributed by atoms with van der Waals surface area (Å²) in [5.74, 6) is 1.81. The highest BCUT2D eigenvalue weighted by atomic mass is 15.2. The van der Waals surface area contributed by atoms with Gasteiger partial charge in [0.25, 0.3) is 0 Å². The van der Waals surface area contributed by atoms with Gasteiger partial charge in [0, 0.05) is 56.0 Å². The number of nitrogens with zero attached hydrogens (tertiary/aromatic N) is 6. The summed E-state index contributed by atoms with van der Waals surface area (Å²) in [6.45, 7) is 0. The number of para-hydroxylation sites is 2. The molecule has 0 aliphatic heterocycles. The van der Waals surface area contributed by atoms with Crippen LogP contribution in [0.4, 0.5) is 34.1 Å². The first-order valence-electron chi connectivity index (χ1n) is 26.5. The molecule has 0 atom stereocenters. The molecule has 6 nitrogen and oxygen atoms in total. The molecule has 78 heavy (non-hydrogen) atoms. The highest BCUT2D eigenvalue weighted by Gasteiger charge is 2.23. The zero-order valence-corrected chi connectivity index (χ0v) is 42.4. The van der Waals surface area contributed by atoms with Gasteiger partial charge in [-0.25, -0.2) is 9.97 Å². The molecule has 0 aliphatic rings. The van der Waals surface area contributed by atoms with E-state index in [-0.39, 0.29) is 0 Å². The molecule has 0 N–H and O–H groups in total. The van der Waals surface area contributed by atoms with Crippen LogP contribution in [0.3, 0.4) is 0 Å². The Morgan fingerprint density at radius 2 is 0.615 bits per heavy atom. The van der Waals surface area contributed by atoms with Crippen LogP contribution in [0.1, 0.15) is 0 Å². The minimum atomic E-state index is 0.903. The molecule has 0 radical (unpaired) electrons. The Kier molecular flexibility index (Phi) is 10.7. The largest absolute Gasteiger partial charge is 0.310 e. The van der Waals surface area contributed by atoms with E-state index in [1.807, 2.05) is 0 Å². The molecule has 15 aromatic rings. The van der Waals surface area contributed by atoms with Gasteiger partial charge in [0.05, 0.1) is 33.4 Å². The lowest BCUT2D eigenvalue weighted by atomic mass is 9.99. The number of rotatable bonds is 10. The van der Waals surface area contributed by atoms with Gasteiger partial charge < -0.3 is 9.80 Å². The van der Waals surface area contributed by atoms with Crippen molar-refractivity contribution in [2.45, 2.75) is 0 Å². The van der Waals surface area contributed by atoms with Gasteiger partial charge >= 0.3 is 0 Å². The molecule has 15 rings (SSSR count). The Bertz CT molecular complexity index is 4430. The average molecular weight is 997 g/mol. The minimum Gasteiger partial charge on any atom is -0.310 e. The molecule has 13 aromatic carbocycles. The van der Waals surface area contributed by atoms with Crippen LogP contribution in [0.2, 0.25) is 0 Å². The average Bonchev–Trinajstić information content (AvgIpc) is 4.24. The third-order valence-electron chi connectivity index (χ3n) is 15.2. The number of hydrogen-bond acceptors (Lipinski definition) is 4. The molecule has 0 saturated heterocycles. The van der Waals surface area contributed by atoms with Crippen LogP contribution in [-0.4, -0.2) is 19.1 Å². The Hall–Kier alpha value is -10.6. The van der Waals surface area contributed by atoms with E-state index in [0.717, 1.165) is 101 Å². The second kappa shape index (κ2) is 18.7. The summed E-state index contributed by atoms with van der Waals surface area (Å²) in [5.41, 5.74) is 14.6. The van der Waals surface area contributed by atoms with Crippen molar-refractivity contribution in [2.75, 3.05) is 9.80 Å². The summed E-state index contributed by atoms with van der Waals surface area (Å²) in [4.78, 5) is 15.3. The standard InChI is InChI=1S/C72H48N6/c1-5-21-51(22-6-1)71-73-65-43-39-59(47-69(65)77(71)55-27-9-3-10-28-55)75(67-33-17-25-49-19-13-15-31-63(49)67)57-37-41-61-53(45-57)35-36-54-46-58(38-42-62(54)61)76(68-34-18-26-50-20-14-16-32-64(50)68)60-40-44-66-70(48-60)78(56-29-11-4-12-30-56)72(74-66)52-23-7-2-8-24-52/h1-48H. The normalized spacial score (nSPS) is 11.6. The van der Waals surface area contributed by atoms with Crippen molar-refractivity contribution in [3.05, 3.63) is 291 Å². The molecule has 0 fully saturated rings. The van der Waals surface area contributed by atoms with Gasteiger partial charge in [-0.15, -0.1) is 0 Å². The summed E-state index contributed by atoms with van der Waals surface area (Å²) in [6, 6.07) is 104. The second-order valence-corrected chi connectivity index (χ2v) is 19.8. The van der Waals surface area contributed by atoms with Crippen molar-refractivity contribution in [1.82, 2.24) is 19.1 Å². The minimum absolute atomic E-state index is 0.903. The van der Waals surface area contributed by atoms with E-state index in [1.54, 1.807) is 0 Å². The van der Waals surface area contributed by atoms with Crippen LogP contribution in [0.25, 0.3) is 99.3 Å². The van der Waals surface area contributed by atoms with Gasteiger partial charge in [0.1, 0.15) is 11.6 Å². The highest BCUT2D eigenvalue weighted by molar-refractivity contribution is 6.11. The SMILES string of the molecule is c1ccc(-c2nc3ccc(N(c4ccc5c(ccc6cc(N(c7ccc8nc(-c9ccccc9)n(-c9ccccc9)c8c7)c7cccc8ccccc78)ccc65)c4)c4cccc5ccccc45)cc3n2-c2ccccc2)cc1. The second-order valence-electron chi connectivity index (χ2n) is 19.8. The van der Waals surface area contributed by atoms with Crippen molar-refractivity contribution in [1.29, 1.82) is 0 Å². The Morgan fingerprint density at radius 1 is 0.256 bits per heavy atom. The van der Waals surface area contributed by atoms with E-state index in [4.69, 9.17) is 9.97 Å². The van der Waals surface area contributed by atoms with Crippen LogP contribution in [-0.2, 0) is 0 Å². The van der Waals surface area contributed by atoms with Crippen molar-refractivity contribution in [3.63, 3.8) is 0 Å². The Balaban J connectivity index is 0.885. The van der Waals surface area contributed by atoms with Gasteiger partial charge in [-0.05, 0) is 129 Å². The molecule has 0 saturated carbocycles. The molecule has 0 spiro atoms. The number of hydrogen-bond donors (Lipinski definition) is 0. The van der Waals surface area contributed by atoms with Crippen LogP contribution >= 0.6 is 0 Å². The third-order valence-corrected chi connectivity index (χ3v) is 15.2. The first-order valence-corrected chi connectivity index (χ1v) is 26.5. The van der Waals surface area contributed by atoms with E-state index in [9.17, 15) is 0 Å². The molecule has 0 bridgehead atoms. The molecule has 0 aliphatic carbocycles. The first-order chi connectivity index (χ1) is 38.7. The summed E-state index contributed by atoms with van der Waals surface area (Å²) >= 11 is 0. The van der Waals surface area contributed by atoms with Crippen molar-refractivity contribution < 1.29 is 0 Å². The van der Waals surface area contributed by atoms with E-state index < -0.39 is 0 Å². The van der Waals surface area contributed by atoms with Crippen LogP contribution in [0, 0.1) is 0 Å². The number of aromatic nitrogens is 4. The molecule has 0 unspecified atom stereocenters. The van der Waals surface area contributed by atoms with E-state index >= 15 is 0 Å². The highest BCUT2D eigenvalue weighted by Crippen LogP contribution is 2.45. The fourth-order valence-corrected chi connectivity index (χ4v) is 11.6. The number of imidazole rings is 2. The van der Waals surface area contributed by atoms with E-state index in [0.29, 0.717) is 0 Å². The van der Waals surface area contributed by atoms with Crippen LogP contribution < -0.4 is 9.80 Å². The molecular formula is C72H48N6. The predicted octanol–water partition coefficient (Wildman–Crippen LogP) is 19.3. The molecule has 366 valence electrons. The van der Waals surface area contributed by atoms with Crippen LogP contribution in [0.15, 0.2) is 291 Å². The van der Waals surface area contributed by atoms with Crippen molar-refractivity contribution in [2.24, 2.45) is 0 Å². The van der Waals surface area contributed by atoms with Gasteiger partial charge in [0.2, 0.25) is 0 Å². The Morgan fingerprint density at radius 3 is 1.05 bits per heavy atom. The number of fused-ring (bicyclic) bond motifs is 7. The smallest absolute Gasteiger partial charge is 0.145 e. The Labute approximate surface area is 451 Å². The van der Waals surface area contributed by atoms with Gasteiger partial charge in [-0.3, -0.25) is 9.13 Å². The maximum absolute atomic E-state index is 5.27. The van der Waals surface area contributed by atoms with Crippen molar-refractivity contribution >= 4 is 99.3 Å². The van der Waals surface area contributed by atoms with Gasteiger partial charge in [-0.2, -0.15) is 0 Å². The molecule has 6 heteroatoms. The molecular weight excluding hydrogens is 949 g/mol. The topological polar surface area (TPSA) is 42.1 Å². The third kappa shape index (κ3) is 7.65. The zero-order valence-electron chi connectivity index (χ0n) is 42.4. The first kappa shape index (κ1) is 44.9. The monoisotopic (exact) mass is 996 g/mol. The molecule has 2 heterocycles. The zero-order chi connectivity index (χ0) is 51.5. The molecule has 0 amide bonds. The maximum Gasteiger partial charge on any atom is 0.145 e. The lowest BCUT2D eigenvalue weighted by Gasteiger charge is -2.28. The van der Waals surface area contributed by atoms with E-state index in [2.05, 4.69) is 310 Å². The lowest BCUT2D eigenvalue weighted by Crippen LogP contribution is -2.11. The lowest BCUT2D eigenvalue weighted by molar-refractivity contribution is 1.10. The summed E-state index contributed by atoms with van der Waals surface area (Å²) in [5, 5.41) is 9.38. The molecule has 2 aromatic heterocycles. The number of anilines is 6. The summed E-state index contributed by atoms with van der Waals surface area (Å²) < 4.78 is 4.58. The van der Waals surface area contributed by atoms with Gasteiger partial charge in [-0.1, -0.05) is 194 Å². The fourth-order valence-electron chi connectivity index (χ4n) is 11.6. The quantitative estimate of drug-likeness (QED) is 0.128. The van der Waals surface area contributed by atoms with Crippen molar-refractivity contribution in [3.8, 4) is 34.2 Å². The van der Waals surface area contributed by atoms with E-state index in [1.165, 1.54) is 32.3 Å². The maximum atomic E-state index is 5.27. The predicted molar refractivity (Wildman–Crippen MR) is 326 cm³/mol. The van der Waals surface area contributed by atoms with Crippen LogP contribution in [0.5, 0.6) is 0 Å². The fraction of sp³-hybridized carbons (Fsp3) is 0. The van der Waals surface area contributed by atoms with Gasteiger partial charge in [0.15, 0.2) is 0 Å². The number of benzene rings is 13. The summed E-state index contributed by atoms with van der Waals surface area (Å²) in [6.07, 6.45) is 0. The summed E-state index contributed by atoms with van der Waals surface area (Å²) in [7, 11) is 0.